The minimum absolute atomic E-state index is 0.0209. The Labute approximate surface area is 215 Å². The van der Waals surface area contributed by atoms with Gasteiger partial charge in [0.2, 0.25) is 0 Å². The van der Waals surface area contributed by atoms with E-state index in [0.717, 1.165) is 48.5 Å². The van der Waals surface area contributed by atoms with E-state index in [4.69, 9.17) is 9.47 Å². The van der Waals surface area contributed by atoms with Crippen molar-refractivity contribution in [3.05, 3.63) is 98.5 Å². The Morgan fingerprint density at radius 1 is 1.19 bits per heavy atom. The van der Waals surface area contributed by atoms with Crippen LogP contribution in [0, 0.1) is 0 Å². The highest BCUT2D eigenvalue weighted by Crippen LogP contribution is 2.73. The second-order valence-electron chi connectivity index (χ2n) is 11.2. The van der Waals surface area contributed by atoms with E-state index in [1.165, 1.54) is 18.2 Å². The van der Waals surface area contributed by atoms with Gasteiger partial charge in [-0.2, -0.15) is 0 Å². The number of hydrogen-bond donors (Lipinski definition) is 2. The second-order valence-corrected chi connectivity index (χ2v) is 11.2. The van der Waals surface area contributed by atoms with Gasteiger partial charge in [0, 0.05) is 42.5 Å². The highest BCUT2D eigenvalue weighted by Gasteiger charge is 2.81. The maximum Gasteiger partial charge on any atom is 0.343 e. The third-order valence-electron chi connectivity index (χ3n) is 9.57. The Bertz CT molecular complexity index is 1500. The molecule has 2 fully saturated rings. The van der Waals surface area contributed by atoms with Crippen molar-refractivity contribution in [2.24, 2.45) is 0 Å². The first-order valence-electron chi connectivity index (χ1n) is 12.9. The molecule has 7 heteroatoms. The third kappa shape index (κ3) is 2.79. The quantitative estimate of drug-likeness (QED) is 0.630. The Kier molecular flexibility index (Phi) is 4.65. The van der Waals surface area contributed by atoms with Crippen LogP contribution < -0.4 is 10.3 Å². The summed E-state index contributed by atoms with van der Waals surface area (Å²) in [4.78, 5) is 30.5. The van der Waals surface area contributed by atoms with Crippen LogP contribution in [0.3, 0.4) is 0 Å². The molecule has 190 valence electrons. The normalized spacial score (nSPS) is 32.4. The lowest BCUT2D eigenvalue weighted by molar-refractivity contribution is -0.132. The fourth-order valence-corrected chi connectivity index (χ4v) is 8.26. The van der Waals surface area contributed by atoms with Crippen molar-refractivity contribution in [3.8, 4) is 5.75 Å². The molecular weight excluding hydrogens is 468 g/mol. The van der Waals surface area contributed by atoms with Crippen LogP contribution in [0.5, 0.6) is 5.75 Å². The lowest BCUT2D eigenvalue weighted by atomic mass is 9.55. The summed E-state index contributed by atoms with van der Waals surface area (Å²) in [6, 6.07) is 7.85. The summed E-state index contributed by atoms with van der Waals surface area (Å²) >= 11 is 0. The Morgan fingerprint density at radius 2 is 2.05 bits per heavy atom. The molecule has 2 aromatic rings. The first-order valence-corrected chi connectivity index (χ1v) is 12.9. The zero-order valence-electron chi connectivity index (χ0n) is 21.0. The van der Waals surface area contributed by atoms with Gasteiger partial charge >= 0.3 is 5.97 Å². The number of aromatic amines is 1. The average molecular weight is 499 g/mol. The number of allylic oxidation sites excluding steroid dienone is 4. The van der Waals surface area contributed by atoms with E-state index in [2.05, 4.69) is 52.4 Å². The van der Waals surface area contributed by atoms with Crippen LogP contribution in [0.25, 0.3) is 0 Å². The number of aromatic nitrogens is 1. The molecule has 4 atom stereocenters. The van der Waals surface area contributed by atoms with Crippen molar-refractivity contribution in [2.45, 2.75) is 48.2 Å². The molecule has 1 saturated heterocycles. The molecular formula is C30H30N2O5. The molecule has 7 rings (SSSR count). The number of hydrogen-bond acceptors (Lipinski definition) is 6. The van der Waals surface area contributed by atoms with Gasteiger partial charge in [-0.3, -0.25) is 9.69 Å². The number of benzene rings is 1. The van der Waals surface area contributed by atoms with Crippen molar-refractivity contribution < 1.29 is 19.4 Å². The molecule has 5 aliphatic rings. The lowest BCUT2D eigenvalue weighted by Gasteiger charge is -2.62. The minimum Gasteiger partial charge on any atom is -0.497 e. The molecule has 2 bridgehead atoms. The molecule has 4 aliphatic carbocycles. The molecule has 0 amide bonds. The number of esters is 1. The van der Waals surface area contributed by atoms with Gasteiger partial charge < -0.3 is 19.6 Å². The number of nitrogens with zero attached hydrogens (tertiary/aromatic N) is 1. The van der Waals surface area contributed by atoms with E-state index in [9.17, 15) is 14.7 Å². The number of carbonyl (C=O) groups is 1. The van der Waals surface area contributed by atoms with Gasteiger partial charge in [0.25, 0.3) is 5.56 Å². The van der Waals surface area contributed by atoms with Crippen LogP contribution in [0.1, 0.15) is 45.6 Å². The van der Waals surface area contributed by atoms with Gasteiger partial charge in [-0.25, -0.2) is 4.79 Å². The molecule has 37 heavy (non-hydrogen) atoms. The van der Waals surface area contributed by atoms with Crippen molar-refractivity contribution in [3.63, 3.8) is 0 Å². The standard InChI is InChI=1S/C30H30N2O5/c1-36-20-9-10-22-23(12-20)29-14-24-19(11-21(25(33)31-24)26(34)37-2)13-30(29,35)27-28(22,16-29)17-32(27)15-18-7-5-3-4-6-8-18/h3-5,7-12,27,35H,6,13-17H2,1-2H3,(H,31,33)/t27-,28?,29+,30-/m1/s1. The summed E-state index contributed by atoms with van der Waals surface area (Å²) in [5, 5.41) is 12.8. The van der Waals surface area contributed by atoms with Crippen LogP contribution in [-0.2, 0) is 28.4 Å². The lowest BCUT2D eigenvalue weighted by Crippen LogP contribution is -2.75. The predicted octanol–water partition coefficient (Wildman–Crippen LogP) is 2.72. The number of fused-ring (bicyclic) bond motifs is 3. The van der Waals surface area contributed by atoms with Gasteiger partial charge in [0.05, 0.1) is 25.9 Å². The first-order chi connectivity index (χ1) is 17.8. The summed E-state index contributed by atoms with van der Waals surface area (Å²) in [7, 11) is 2.93. The summed E-state index contributed by atoms with van der Waals surface area (Å²) in [5.41, 5.74) is 3.05. The molecule has 1 saturated carbocycles. The van der Waals surface area contributed by atoms with Crippen molar-refractivity contribution >= 4 is 5.97 Å². The number of nitrogens with one attached hydrogen (secondary N) is 1. The van der Waals surface area contributed by atoms with Gasteiger partial charge in [-0.1, -0.05) is 36.4 Å². The number of ether oxygens (including phenoxy) is 2. The fraction of sp³-hybridized carbons (Fsp3) is 0.400. The van der Waals surface area contributed by atoms with Gasteiger partial charge in [-0.05, 0) is 53.3 Å². The monoisotopic (exact) mass is 498 g/mol. The van der Waals surface area contributed by atoms with Gasteiger partial charge in [0.1, 0.15) is 11.3 Å². The SMILES string of the molecule is COC(=O)c1cc2c([nH]c1=O)C[C@@]13CC4(CN(CC5=CCC=CC=C5)[C@H]4[C@]1(O)C2)c1ccc(OC)cc13. The van der Waals surface area contributed by atoms with E-state index in [-0.39, 0.29) is 17.0 Å². The summed E-state index contributed by atoms with van der Waals surface area (Å²) in [6.45, 7) is 1.65. The van der Waals surface area contributed by atoms with Gasteiger partial charge in [0.15, 0.2) is 0 Å². The molecule has 1 unspecified atom stereocenters. The molecule has 1 aliphatic heterocycles. The van der Waals surface area contributed by atoms with E-state index < -0.39 is 22.5 Å². The Morgan fingerprint density at radius 3 is 2.86 bits per heavy atom. The first kappa shape index (κ1) is 22.8. The van der Waals surface area contributed by atoms with E-state index in [0.29, 0.717) is 12.8 Å². The van der Waals surface area contributed by atoms with E-state index in [1.807, 2.05) is 6.07 Å². The fourth-order valence-electron chi connectivity index (χ4n) is 8.26. The third-order valence-corrected chi connectivity index (χ3v) is 9.57. The van der Waals surface area contributed by atoms with Crippen molar-refractivity contribution in [1.29, 1.82) is 0 Å². The van der Waals surface area contributed by atoms with Crippen LogP contribution in [0.4, 0.5) is 0 Å². The van der Waals surface area contributed by atoms with Crippen LogP contribution in [0.15, 0.2) is 65.0 Å². The van der Waals surface area contributed by atoms with Crippen LogP contribution >= 0.6 is 0 Å². The molecule has 2 spiro atoms. The number of carbonyl (C=O) groups excluding carboxylic acids is 1. The van der Waals surface area contributed by atoms with E-state index >= 15 is 0 Å². The summed E-state index contributed by atoms with van der Waals surface area (Å²) in [6.07, 6.45) is 13.3. The molecule has 1 aromatic carbocycles. The van der Waals surface area contributed by atoms with Crippen molar-refractivity contribution in [1.82, 2.24) is 9.88 Å². The number of pyridine rings is 1. The largest absolute Gasteiger partial charge is 0.497 e. The highest BCUT2D eigenvalue weighted by atomic mass is 16.5. The van der Waals surface area contributed by atoms with Crippen LogP contribution in [0.2, 0.25) is 0 Å². The molecule has 7 nitrogen and oxygen atoms in total. The second kappa shape index (κ2) is 7.55. The number of rotatable bonds is 4. The topological polar surface area (TPSA) is 91.9 Å². The molecule has 0 radical (unpaired) electrons. The number of methoxy groups -OCH3 is 2. The summed E-state index contributed by atoms with van der Waals surface area (Å²) in [5.74, 6) is 0.107. The maximum atomic E-state index is 12.8. The number of aliphatic hydroxyl groups is 1. The van der Waals surface area contributed by atoms with E-state index in [1.54, 1.807) is 13.2 Å². The number of likely N-dealkylation sites (tertiary alicyclic amines) is 1. The summed E-state index contributed by atoms with van der Waals surface area (Å²) < 4.78 is 10.4. The maximum absolute atomic E-state index is 12.8. The Balaban J connectivity index is 1.37. The Hall–Kier alpha value is -3.42. The molecule has 2 N–H and O–H groups in total. The zero-order chi connectivity index (χ0) is 25.6. The predicted molar refractivity (Wildman–Crippen MR) is 138 cm³/mol. The minimum atomic E-state index is -1.06. The number of H-pyrrole nitrogens is 1. The smallest absolute Gasteiger partial charge is 0.343 e. The highest BCUT2D eigenvalue weighted by molar-refractivity contribution is 5.89. The van der Waals surface area contributed by atoms with Crippen molar-refractivity contribution in [2.75, 3.05) is 27.3 Å². The van der Waals surface area contributed by atoms with Gasteiger partial charge in [-0.15, -0.1) is 0 Å². The zero-order valence-corrected chi connectivity index (χ0v) is 21.0. The molecule has 1 aromatic heterocycles. The molecule has 2 heterocycles. The van der Waals surface area contributed by atoms with Crippen LogP contribution in [-0.4, -0.2) is 59.9 Å². The average Bonchev–Trinajstić information content (AvgIpc) is 3.08.